The summed E-state index contributed by atoms with van der Waals surface area (Å²) in [6.45, 7) is 1.97. The van der Waals surface area contributed by atoms with E-state index in [1.54, 1.807) is 0 Å². The molecule has 4 N–H and O–H groups in total. The lowest BCUT2D eigenvalue weighted by Crippen LogP contribution is -2.54. The van der Waals surface area contributed by atoms with Gasteiger partial charge in [-0.25, -0.2) is 0 Å². The van der Waals surface area contributed by atoms with Gasteiger partial charge in [0.15, 0.2) is 0 Å². The fraction of sp³-hybridized carbons (Fsp3) is 0.600. The molecule has 0 saturated heterocycles. The summed E-state index contributed by atoms with van der Waals surface area (Å²) < 4.78 is 1.28. The van der Waals surface area contributed by atoms with Gasteiger partial charge in [-0.2, -0.15) is 0 Å². The molecule has 1 amide bonds. The SMILES string of the molecule is CC1CCCC(CO)(NC(=O)Cn2cc(N)ccc2=O)C1. The zero-order valence-corrected chi connectivity index (χ0v) is 12.3. The lowest BCUT2D eigenvalue weighted by Gasteiger charge is -2.39. The standard InChI is InChI=1S/C15H23N3O3/c1-11-3-2-6-15(7-11,10-19)17-13(20)9-18-8-12(16)4-5-14(18)21/h4-5,8,11,19H,2-3,6-7,9-10,16H2,1H3,(H,17,20). The number of nitrogens with zero attached hydrogens (tertiary/aromatic N) is 1. The van der Waals surface area contributed by atoms with Crippen molar-refractivity contribution in [2.24, 2.45) is 5.92 Å². The van der Waals surface area contributed by atoms with Crippen molar-refractivity contribution in [3.05, 3.63) is 28.7 Å². The maximum atomic E-state index is 12.2. The van der Waals surface area contributed by atoms with Crippen LogP contribution in [0.1, 0.15) is 32.6 Å². The number of carbonyl (C=O) groups is 1. The number of anilines is 1. The second kappa shape index (κ2) is 6.30. The summed E-state index contributed by atoms with van der Waals surface area (Å²) in [5.74, 6) is 0.201. The number of nitrogens with one attached hydrogen (secondary N) is 1. The molecule has 1 fully saturated rings. The number of hydrogen-bond donors (Lipinski definition) is 3. The number of rotatable bonds is 4. The molecule has 2 unspecified atom stereocenters. The van der Waals surface area contributed by atoms with E-state index >= 15 is 0 Å². The maximum Gasteiger partial charge on any atom is 0.251 e. The van der Waals surface area contributed by atoms with Gasteiger partial charge in [0.05, 0.1) is 12.1 Å². The highest BCUT2D eigenvalue weighted by Gasteiger charge is 2.35. The summed E-state index contributed by atoms with van der Waals surface area (Å²) >= 11 is 0. The van der Waals surface area contributed by atoms with Crippen LogP contribution in [-0.4, -0.2) is 27.7 Å². The molecule has 2 atom stereocenters. The molecule has 1 aromatic rings. The maximum absolute atomic E-state index is 12.2. The minimum absolute atomic E-state index is 0.0745. The first-order valence-electron chi connectivity index (χ1n) is 7.32. The Bertz CT molecular complexity index is 570. The molecule has 116 valence electrons. The summed E-state index contributed by atoms with van der Waals surface area (Å²) in [4.78, 5) is 23.9. The molecule has 1 aromatic heterocycles. The zero-order valence-electron chi connectivity index (χ0n) is 12.3. The van der Waals surface area contributed by atoms with Gasteiger partial charge in [-0.15, -0.1) is 0 Å². The molecule has 2 rings (SSSR count). The topological polar surface area (TPSA) is 97.3 Å². The lowest BCUT2D eigenvalue weighted by molar-refractivity contribution is -0.125. The molecule has 1 heterocycles. The highest BCUT2D eigenvalue weighted by Crippen LogP contribution is 2.31. The van der Waals surface area contributed by atoms with Crippen LogP contribution in [0.2, 0.25) is 0 Å². The smallest absolute Gasteiger partial charge is 0.251 e. The summed E-state index contributed by atoms with van der Waals surface area (Å²) in [6, 6.07) is 2.85. The summed E-state index contributed by atoms with van der Waals surface area (Å²) in [7, 11) is 0. The van der Waals surface area contributed by atoms with Crippen molar-refractivity contribution in [2.45, 2.75) is 44.7 Å². The van der Waals surface area contributed by atoms with Gasteiger partial charge in [0.2, 0.25) is 5.91 Å². The first-order valence-corrected chi connectivity index (χ1v) is 7.32. The largest absolute Gasteiger partial charge is 0.398 e. The minimum atomic E-state index is -0.557. The van der Waals surface area contributed by atoms with E-state index < -0.39 is 5.54 Å². The average molecular weight is 293 g/mol. The van der Waals surface area contributed by atoms with Gasteiger partial charge in [0.1, 0.15) is 6.54 Å². The van der Waals surface area contributed by atoms with E-state index in [0.29, 0.717) is 11.6 Å². The van der Waals surface area contributed by atoms with Gasteiger partial charge in [-0.3, -0.25) is 9.59 Å². The minimum Gasteiger partial charge on any atom is -0.398 e. The third kappa shape index (κ3) is 3.85. The molecule has 0 aliphatic heterocycles. The number of aromatic nitrogens is 1. The third-order valence-electron chi connectivity index (χ3n) is 4.12. The lowest BCUT2D eigenvalue weighted by atomic mass is 9.77. The van der Waals surface area contributed by atoms with E-state index in [4.69, 9.17) is 5.73 Å². The highest BCUT2D eigenvalue weighted by molar-refractivity contribution is 5.76. The Morgan fingerprint density at radius 1 is 1.57 bits per heavy atom. The second-order valence-electron chi connectivity index (χ2n) is 6.12. The van der Waals surface area contributed by atoms with Gasteiger partial charge in [-0.1, -0.05) is 19.8 Å². The fourth-order valence-corrected chi connectivity index (χ4v) is 3.12. The molecule has 21 heavy (non-hydrogen) atoms. The number of pyridine rings is 1. The molecule has 6 nitrogen and oxygen atoms in total. The summed E-state index contributed by atoms with van der Waals surface area (Å²) in [5.41, 5.74) is 5.24. The van der Waals surface area contributed by atoms with Crippen LogP contribution in [0.25, 0.3) is 0 Å². The van der Waals surface area contributed by atoms with Crippen LogP contribution >= 0.6 is 0 Å². The molecular weight excluding hydrogens is 270 g/mol. The third-order valence-corrected chi connectivity index (χ3v) is 4.12. The van der Waals surface area contributed by atoms with Crippen LogP contribution in [-0.2, 0) is 11.3 Å². The van der Waals surface area contributed by atoms with Crippen LogP contribution in [0.4, 0.5) is 5.69 Å². The number of nitrogen functional groups attached to an aromatic ring is 1. The molecule has 0 radical (unpaired) electrons. The van der Waals surface area contributed by atoms with Crippen LogP contribution in [0.3, 0.4) is 0 Å². The van der Waals surface area contributed by atoms with E-state index in [2.05, 4.69) is 12.2 Å². The van der Waals surface area contributed by atoms with Crippen molar-refractivity contribution in [3.63, 3.8) is 0 Å². The predicted molar refractivity (Wildman–Crippen MR) is 80.7 cm³/mol. The highest BCUT2D eigenvalue weighted by atomic mass is 16.3. The van der Waals surface area contributed by atoms with Crippen LogP contribution < -0.4 is 16.6 Å². The Labute approximate surface area is 124 Å². The van der Waals surface area contributed by atoms with E-state index in [0.717, 1.165) is 25.7 Å². The van der Waals surface area contributed by atoms with Crippen molar-refractivity contribution in [1.29, 1.82) is 0 Å². The Hall–Kier alpha value is -1.82. The van der Waals surface area contributed by atoms with Crippen LogP contribution in [0, 0.1) is 5.92 Å². The number of aliphatic hydroxyl groups is 1. The van der Waals surface area contributed by atoms with E-state index in [-0.39, 0.29) is 24.6 Å². The Balaban J connectivity index is 2.06. The second-order valence-corrected chi connectivity index (χ2v) is 6.12. The molecule has 6 heteroatoms. The fourth-order valence-electron chi connectivity index (χ4n) is 3.12. The number of carbonyl (C=O) groups excluding carboxylic acids is 1. The Kier molecular flexibility index (Phi) is 4.67. The molecule has 1 aliphatic rings. The van der Waals surface area contributed by atoms with Gasteiger partial charge in [0.25, 0.3) is 5.56 Å². The molecule has 0 bridgehead atoms. The Morgan fingerprint density at radius 3 is 3.00 bits per heavy atom. The van der Waals surface area contributed by atoms with Crippen molar-refractivity contribution in [1.82, 2.24) is 9.88 Å². The first-order chi connectivity index (χ1) is 9.94. The van der Waals surface area contributed by atoms with Gasteiger partial charge >= 0.3 is 0 Å². The number of aliphatic hydroxyl groups excluding tert-OH is 1. The molecular formula is C15H23N3O3. The normalized spacial score (nSPS) is 25.5. The van der Waals surface area contributed by atoms with Crippen LogP contribution in [0.5, 0.6) is 0 Å². The predicted octanol–water partition coefficient (Wildman–Crippen LogP) is 0.488. The monoisotopic (exact) mass is 293 g/mol. The molecule has 0 spiro atoms. The summed E-state index contributed by atoms with van der Waals surface area (Å²) in [5, 5.41) is 12.6. The van der Waals surface area contributed by atoms with E-state index in [1.165, 1.54) is 22.9 Å². The van der Waals surface area contributed by atoms with Crippen molar-refractivity contribution in [2.75, 3.05) is 12.3 Å². The van der Waals surface area contributed by atoms with Gasteiger partial charge in [0, 0.05) is 18.0 Å². The van der Waals surface area contributed by atoms with Crippen LogP contribution in [0.15, 0.2) is 23.1 Å². The van der Waals surface area contributed by atoms with Crippen molar-refractivity contribution in [3.8, 4) is 0 Å². The number of nitrogens with two attached hydrogens (primary N) is 1. The number of hydrogen-bond acceptors (Lipinski definition) is 4. The van der Waals surface area contributed by atoms with Crippen molar-refractivity contribution < 1.29 is 9.90 Å². The van der Waals surface area contributed by atoms with Gasteiger partial charge in [-0.05, 0) is 24.8 Å². The van der Waals surface area contributed by atoms with E-state index in [1.807, 2.05) is 0 Å². The first kappa shape index (κ1) is 15.6. The van der Waals surface area contributed by atoms with E-state index in [9.17, 15) is 14.7 Å². The Morgan fingerprint density at radius 2 is 2.33 bits per heavy atom. The van der Waals surface area contributed by atoms with Gasteiger partial charge < -0.3 is 20.7 Å². The molecule has 0 aromatic carbocycles. The molecule has 1 aliphatic carbocycles. The average Bonchev–Trinajstić information content (AvgIpc) is 2.43. The molecule has 1 saturated carbocycles. The number of amides is 1. The quantitative estimate of drug-likeness (QED) is 0.752. The summed E-state index contributed by atoms with van der Waals surface area (Å²) in [6.07, 6.45) is 5.09. The zero-order chi connectivity index (χ0) is 15.5. The van der Waals surface area contributed by atoms with Crippen molar-refractivity contribution >= 4 is 11.6 Å².